The Morgan fingerprint density at radius 1 is 1.35 bits per heavy atom. The molecule has 0 aromatic carbocycles. The Bertz CT molecular complexity index is 439. The van der Waals surface area contributed by atoms with Gasteiger partial charge in [0.2, 0.25) is 0 Å². The first kappa shape index (κ1) is 12.4. The maximum atomic E-state index is 10.9. The van der Waals surface area contributed by atoms with Crippen LogP contribution in [0, 0.1) is 0 Å². The number of hydrogen-bond donors (Lipinski definition) is 1. The molecule has 0 atom stereocenters. The van der Waals surface area contributed by atoms with Crippen LogP contribution in [0.1, 0.15) is 55.1 Å². The fourth-order valence-electron chi connectivity index (χ4n) is 2.52. The van der Waals surface area contributed by atoms with Crippen molar-refractivity contribution in [2.24, 2.45) is 0 Å². The molecule has 1 heterocycles. The van der Waals surface area contributed by atoms with Crippen molar-refractivity contribution in [1.29, 1.82) is 0 Å². The third-order valence-electron chi connectivity index (χ3n) is 3.65. The second-order valence-corrected chi connectivity index (χ2v) is 5.32. The number of halogens is 1. The van der Waals surface area contributed by atoms with Gasteiger partial charge in [-0.25, -0.2) is 9.78 Å². The molecule has 92 valence electrons. The SMILES string of the molecule is CC1(c2ccc(C(=O)O)c(Cl)n2)CCCCC1. The van der Waals surface area contributed by atoms with Crippen LogP contribution in [0.25, 0.3) is 0 Å². The monoisotopic (exact) mass is 253 g/mol. The van der Waals surface area contributed by atoms with E-state index in [9.17, 15) is 4.79 Å². The van der Waals surface area contributed by atoms with Crippen LogP contribution in [0.3, 0.4) is 0 Å². The highest BCUT2D eigenvalue weighted by atomic mass is 35.5. The van der Waals surface area contributed by atoms with Crippen molar-refractivity contribution < 1.29 is 9.90 Å². The molecule has 1 N–H and O–H groups in total. The average molecular weight is 254 g/mol. The molecule has 1 aromatic rings. The lowest BCUT2D eigenvalue weighted by Crippen LogP contribution is -2.26. The Balaban J connectivity index is 2.33. The molecular formula is C13H16ClNO2. The first-order valence-electron chi connectivity index (χ1n) is 5.93. The summed E-state index contributed by atoms with van der Waals surface area (Å²) in [6, 6.07) is 3.37. The van der Waals surface area contributed by atoms with E-state index in [0.717, 1.165) is 18.5 Å². The van der Waals surface area contributed by atoms with Gasteiger partial charge in [-0.3, -0.25) is 0 Å². The molecule has 0 spiro atoms. The lowest BCUT2D eigenvalue weighted by atomic mass is 9.73. The van der Waals surface area contributed by atoms with Gasteiger partial charge in [0.25, 0.3) is 0 Å². The Kier molecular flexibility index (Phi) is 3.38. The molecular weight excluding hydrogens is 238 g/mol. The number of hydrogen-bond acceptors (Lipinski definition) is 2. The van der Waals surface area contributed by atoms with Gasteiger partial charge in [-0.2, -0.15) is 0 Å². The van der Waals surface area contributed by atoms with Gasteiger partial charge in [0, 0.05) is 11.1 Å². The normalized spacial score (nSPS) is 18.9. The van der Waals surface area contributed by atoms with E-state index in [1.54, 1.807) is 12.1 Å². The maximum absolute atomic E-state index is 10.9. The summed E-state index contributed by atoms with van der Waals surface area (Å²) >= 11 is 5.91. The molecule has 1 fully saturated rings. The lowest BCUT2D eigenvalue weighted by molar-refractivity contribution is 0.0696. The topological polar surface area (TPSA) is 50.2 Å². The van der Waals surface area contributed by atoms with Gasteiger partial charge in [-0.05, 0) is 25.0 Å². The van der Waals surface area contributed by atoms with Crippen LogP contribution in [0.5, 0.6) is 0 Å². The molecule has 0 aliphatic heterocycles. The third-order valence-corrected chi connectivity index (χ3v) is 3.94. The number of aromatic nitrogens is 1. The molecule has 1 aliphatic rings. The van der Waals surface area contributed by atoms with Gasteiger partial charge in [-0.1, -0.05) is 37.8 Å². The number of pyridine rings is 1. The van der Waals surface area contributed by atoms with Crippen molar-refractivity contribution in [1.82, 2.24) is 4.98 Å². The molecule has 1 aromatic heterocycles. The minimum absolute atomic E-state index is 0.0545. The van der Waals surface area contributed by atoms with Gasteiger partial charge >= 0.3 is 5.97 Å². The predicted octanol–water partition coefficient (Wildman–Crippen LogP) is 3.66. The quantitative estimate of drug-likeness (QED) is 0.819. The van der Waals surface area contributed by atoms with Crippen LogP contribution in [-0.4, -0.2) is 16.1 Å². The summed E-state index contributed by atoms with van der Waals surface area (Å²) < 4.78 is 0. The molecule has 0 radical (unpaired) electrons. The zero-order valence-corrected chi connectivity index (χ0v) is 10.6. The van der Waals surface area contributed by atoms with Crippen molar-refractivity contribution >= 4 is 17.6 Å². The predicted molar refractivity (Wildman–Crippen MR) is 66.6 cm³/mol. The van der Waals surface area contributed by atoms with Crippen molar-refractivity contribution in [3.05, 3.63) is 28.5 Å². The zero-order valence-electron chi connectivity index (χ0n) is 9.87. The molecule has 17 heavy (non-hydrogen) atoms. The molecule has 0 unspecified atom stereocenters. The Hall–Kier alpha value is -1.09. The number of carboxylic acid groups (broad SMARTS) is 1. The van der Waals surface area contributed by atoms with Gasteiger partial charge < -0.3 is 5.11 Å². The van der Waals surface area contributed by atoms with Crippen molar-refractivity contribution in [3.63, 3.8) is 0 Å². The first-order chi connectivity index (χ1) is 8.03. The van der Waals surface area contributed by atoms with E-state index in [-0.39, 0.29) is 16.1 Å². The second-order valence-electron chi connectivity index (χ2n) is 4.96. The largest absolute Gasteiger partial charge is 0.478 e. The molecule has 0 saturated heterocycles. The van der Waals surface area contributed by atoms with E-state index in [1.165, 1.54) is 19.3 Å². The summed E-state index contributed by atoms with van der Waals surface area (Å²) in [5.41, 5.74) is 1.06. The molecule has 1 aliphatic carbocycles. The summed E-state index contributed by atoms with van der Waals surface area (Å²) in [4.78, 5) is 15.1. The van der Waals surface area contributed by atoms with Crippen LogP contribution in [-0.2, 0) is 5.41 Å². The zero-order chi connectivity index (χ0) is 12.5. The van der Waals surface area contributed by atoms with Crippen LogP contribution in [0.15, 0.2) is 12.1 Å². The fraction of sp³-hybridized carbons (Fsp3) is 0.538. The second kappa shape index (κ2) is 4.65. The number of carbonyl (C=O) groups is 1. The smallest absolute Gasteiger partial charge is 0.338 e. The fourth-order valence-corrected chi connectivity index (χ4v) is 2.75. The van der Waals surface area contributed by atoms with E-state index in [4.69, 9.17) is 16.7 Å². The summed E-state index contributed by atoms with van der Waals surface area (Å²) in [6.07, 6.45) is 5.88. The van der Waals surface area contributed by atoms with Crippen LogP contribution in [0.4, 0.5) is 0 Å². The maximum Gasteiger partial charge on any atom is 0.338 e. The number of nitrogens with zero attached hydrogens (tertiary/aromatic N) is 1. The third kappa shape index (κ3) is 2.44. The van der Waals surface area contributed by atoms with Gasteiger partial charge in [0.15, 0.2) is 0 Å². The molecule has 0 amide bonds. The lowest BCUT2D eigenvalue weighted by Gasteiger charge is -2.33. The Morgan fingerprint density at radius 3 is 2.53 bits per heavy atom. The van der Waals surface area contributed by atoms with Crippen molar-refractivity contribution in [2.45, 2.75) is 44.4 Å². The number of aromatic carboxylic acids is 1. The molecule has 2 rings (SSSR count). The molecule has 4 heteroatoms. The highest BCUT2D eigenvalue weighted by Gasteiger charge is 2.30. The minimum atomic E-state index is -1.03. The molecule has 3 nitrogen and oxygen atoms in total. The molecule has 1 saturated carbocycles. The number of rotatable bonds is 2. The molecule has 0 bridgehead atoms. The van der Waals surface area contributed by atoms with Gasteiger partial charge in [-0.15, -0.1) is 0 Å². The van der Waals surface area contributed by atoms with Gasteiger partial charge in [0.1, 0.15) is 5.15 Å². The van der Waals surface area contributed by atoms with Gasteiger partial charge in [0.05, 0.1) is 5.56 Å². The summed E-state index contributed by atoms with van der Waals surface area (Å²) in [5, 5.41) is 9.01. The van der Waals surface area contributed by atoms with E-state index in [2.05, 4.69) is 11.9 Å². The van der Waals surface area contributed by atoms with E-state index in [0.29, 0.717) is 0 Å². The minimum Gasteiger partial charge on any atom is -0.478 e. The Morgan fingerprint density at radius 2 is 2.00 bits per heavy atom. The van der Waals surface area contributed by atoms with E-state index >= 15 is 0 Å². The number of carboxylic acids is 1. The standard InChI is InChI=1S/C13H16ClNO2/c1-13(7-3-2-4-8-13)10-6-5-9(12(16)17)11(14)15-10/h5-6H,2-4,7-8H2,1H3,(H,16,17). The summed E-state index contributed by atoms with van der Waals surface area (Å²) in [7, 11) is 0. The van der Waals surface area contributed by atoms with Crippen molar-refractivity contribution in [2.75, 3.05) is 0 Å². The van der Waals surface area contributed by atoms with Crippen molar-refractivity contribution in [3.8, 4) is 0 Å². The summed E-state index contributed by atoms with van der Waals surface area (Å²) in [6.45, 7) is 2.19. The van der Waals surface area contributed by atoms with E-state index < -0.39 is 5.97 Å². The first-order valence-corrected chi connectivity index (χ1v) is 6.31. The highest BCUT2D eigenvalue weighted by Crippen LogP contribution is 2.38. The van der Waals surface area contributed by atoms with E-state index in [1.807, 2.05) is 0 Å². The van der Waals surface area contributed by atoms with Crippen LogP contribution < -0.4 is 0 Å². The van der Waals surface area contributed by atoms with Crippen LogP contribution in [0.2, 0.25) is 5.15 Å². The average Bonchev–Trinajstić information content (AvgIpc) is 2.29. The highest BCUT2D eigenvalue weighted by molar-refractivity contribution is 6.32. The summed E-state index contributed by atoms with van der Waals surface area (Å²) in [5.74, 6) is -1.03. The Labute approximate surface area is 106 Å². The van der Waals surface area contributed by atoms with Crippen LogP contribution >= 0.6 is 11.6 Å².